The van der Waals surface area contributed by atoms with E-state index in [0.717, 1.165) is 0 Å². The Balaban J connectivity index is 3.45. The van der Waals surface area contributed by atoms with Crippen LogP contribution in [-0.4, -0.2) is 25.7 Å². The standard InChI is InChI=1S/C7H13O4/c1-4-10-7(2,3)11-6-9-5-8/h4,6H2,1-3H3. The van der Waals surface area contributed by atoms with Crippen LogP contribution < -0.4 is 0 Å². The molecule has 0 aliphatic rings. The molecule has 0 amide bonds. The van der Waals surface area contributed by atoms with Crippen molar-refractivity contribution in [3.63, 3.8) is 0 Å². The molecule has 0 aliphatic carbocycles. The maximum absolute atomic E-state index is 9.58. The van der Waals surface area contributed by atoms with Crippen LogP contribution in [0, 0.1) is 0 Å². The van der Waals surface area contributed by atoms with Gasteiger partial charge in [-0.2, -0.15) is 0 Å². The molecule has 0 aromatic carbocycles. The van der Waals surface area contributed by atoms with Gasteiger partial charge in [0.25, 0.3) is 0 Å². The second-order valence-corrected chi connectivity index (χ2v) is 2.32. The Morgan fingerprint density at radius 2 is 2.00 bits per heavy atom. The van der Waals surface area contributed by atoms with Crippen molar-refractivity contribution in [1.29, 1.82) is 0 Å². The molecule has 0 heterocycles. The van der Waals surface area contributed by atoms with Gasteiger partial charge in [-0.05, 0) is 20.8 Å². The summed E-state index contributed by atoms with van der Waals surface area (Å²) in [6.07, 6.45) is 0. The lowest BCUT2D eigenvalue weighted by molar-refractivity contribution is -0.238. The fourth-order valence-corrected chi connectivity index (χ4v) is 0.585. The summed E-state index contributed by atoms with van der Waals surface area (Å²) in [6, 6.07) is 0. The highest BCUT2D eigenvalue weighted by molar-refractivity contribution is 5.37. The quantitative estimate of drug-likeness (QED) is 0.427. The van der Waals surface area contributed by atoms with Crippen LogP contribution in [0.3, 0.4) is 0 Å². The van der Waals surface area contributed by atoms with Crippen LogP contribution in [0.4, 0.5) is 0 Å². The number of rotatable bonds is 6. The van der Waals surface area contributed by atoms with Crippen molar-refractivity contribution in [3.05, 3.63) is 0 Å². The minimum atomic E-state index is -0.703. The Hall–Kier alpha value is -0.610. The first kappa shape index (κ1) is 10.4. The summed E-state index contributed by atoms with van der Waals surface area (Å²) in [5.74, 6) is -0.703. The predicted molar refractivity (Wildman–Crippen MR) is 38.4 cm³/mol. The molecule has 1 radical (unpaired) electrons. The Morgan fingerprint density at radius 3 is 2.45 bits per heavy atom. The molecule has 0 fully saturated rings. The van der Waals surface area contributed by atoms with Crippen molar-refractivity contribution in [2.75, 3.05) is 13.4 Å². The van der Waals surface area contributed by atoms with E-state index in [9.17, 15) is 4.79 Å². The lowest BCUT2D eigenvalue weighted by atomic mass is 10.4. The second-order valence-electron chi connectivity index (χ2n) is 2.32. The molecule has 0 unspecified atom stereocenters. The Morgan fingerprint density at radius 1 is 1.36 bits per heavy atom. The van der Waals surface area contributed by atoms with Crippen LogP contribution in [0.2, 0.25) is 0 Å². The van der Waals surface area contributed by atoms with E-state index in [1.165, 1.54) is 6.47 Å². The van der Waals surface area contributed by atoms with Gasteiger partial charge in [0, 0.05) is 6.61 Å². The first-order chi connectivity index (χ1) is 5.12. The predicted octanol–water partition coefficient (Wildman–Crippen LogP) is 0.817. The average molecular weight is 161 g/mol. The highest BCUT2D eigenvalue weighted by atomic mass is 16.8. The van der Waals surface area contributed by atoms with Gasteiger partial charge in [-0.1, -0.05) is 0 Å². The van der Waals surface area contributed by atoms with Crippen molar-refractivity contribution in [2.45, 2.75) is 26.6 Å². The van der Waals surface area contributed by atoms with Crippen LogP contribution in [0.15, 0.2) is 0 Å². The number of ether oxygens (including phenoxy) is 3. The zero-order valence-electron chi connectivity index (χ0n) is 7.05. The van der Waals surface area contributed by atoms with Crippen molar-refractivity contribution in [1.82, 2.24) is 0 Å². The van der Waals surface area contributed by atoms with Gasteiger partial charge in [0.05, 0.1) is 0 Å². The molecule has 0 aromatic heterocycles. The van der Waals surface area contributed by atoms with Crippen molar-refractivity contribution in [2.24, 2.45) is 0 Å². The Labute approximate surface area is 66.4 Å². The lowest BCUT2D eigenvalue weighted by Gasteiger charge is -2.23. The van der Waals surface area contributed by atoms with Gasteiger partial charge in [0.2, 0.25) is 0 Å². The number of hydrogen-bond donors (Lipinski definition) is 0. The van der Waals surface area contributed by atoms with E-state index in [0.29, 0.717) is 6.61 Å². The van der Waals surface area contributed by atoms with Crippen molar-refractivity contribution >= 4 is 6.47 Å². The summed E-state index contributed by atoms with van der Waals surface area (Å²) in [6.45, 7) is 7.02. The molecule has 0 aliphatic heterocycles. The molecule has 4 heteroatoms. The van der Waals surface area contributed by atoms with Crippen LogP contribution in [0.25, 0.3) is 0 Å². The summed E-state index contributed by atoms with van der Waals surface area (Å²) in [4.78, 5) is 9.58. The molecule has 4 nitrogen and oxygen atoms in total. The van der Waals surface area contributed by atoms with E-state index in [4.69, 9.17) is 9.47 Å². The largest absolute Gasteiger partial charge is 0.430 e. The first-order valence-electron chi connectivity index (χ1n) is 3.39. The van der Waals surface area contributed by atoms with Gasteiger partial charge in [0.15, 0.2) is 12.6 Å². The monoisotopic (exact) mass is 161 g/mol. The zero-order valence-corrected chi connectivity index (χ0v) is 7.05. The van der Waals surface area contributed by atoms with Gasteiger partial charge < -0.3 is 14.2 Å². The summed E-state index contributed by atoms with van der Waals surface area (Å²) in [5, 5.41) is 0. The minimum absolute atomic E-state index is 0.128. The molecule has 0 spiro atoms. The number of hydrogen-bond acceptors (Lipinski definition) is 4. The van der Waals surface area contributed by atoms with E-state index in [2.05, 4.69) is 4.74 Å². The third-order valence-electron chi connectivity index (χ3n) is 1.02. The van der Waals surface area contributed by atoms with Gasteiger partial charge >= 0.3 is 6.47 Å². The Bertz CT molecular complexity index is 111. The van der Waals surface area contributed by atoms with E-state index in [-0.39, 0.29) is 6.79 Å². The third-order valence-corrected chi connectivity index (χ3v) is 1.02. The summed E-state index contributed by atoms with van der Waals surface area (Å²) < 4.78 is 14.4. The first-order valence-corrected chi connectivity index (χ1v) is 3.39. The Kier molecular flexibility index (Phi) is 4.81. The van der Waals surface area contributed by atoms with Gasteiger partial charge in [-0.3, -0.25) is 0 Å². The van der Waals surface area contributed by atoms with Crippen molar-refractivity contribution in [3.8, 4) is 0 Å². The summed E-state index contributed by atoms with van der Waals surface area (Å²) in [7, 11) is 0. The fraction of sp³-hybridized carbons (Fsp3) is 0.857. The van der Waals surface area contributed by atoms with Gasteiger partial charge in [-0.25, -0.2) is 4.79 Å². The van der Waals surface area contributed by atoms with Crippen LogP contribution in [-0.2, 0) is 19.0 Å². The topological polar surface area (TPSA) is 44.8 Å². The SMILES string of the molecule is CCOC(C)(C)OCO[C]=O. The molecule has 0 saturated carbocycles. The van der Waals surface area contributed by atoms with Crippen LogP contribution in [0.5, 0.6) is 0 Å². The number of carbonyl (C=O) groups excluding carboxylic acids is 1. The van der Waals surface area contributed by atoms with E-state index in [1.54, 1.807) is 13.8 Å². The molecule has 0 atom stereocenters. The smallest absolute Gasteiger partial charge is 0.419 e. The molecular formula is C7H13O4. The normalized spacial score (nSPS) is 11.2. The van der Waals surface area contributed by atoms with E-state index >= 15 is 0 Å². The zero-order chi connectivity index (χ0) is 8.74. The van der Waals surface area contributed by atoms with Gasteiger partial charge in [-0.15, -0.1) is 0 Å². The fourth-order valence-electron chi connectivity index (χ4n) is 0.585. The van der Waals surface area contributed by atoms with E-state index in [1.807, 2.05) is 6.92 Å². The molecular weight excluding hydrogens is 148 g/mol. The van der Waals surface area contributed by atoms with Crippen LogP contribution >= 0.6 is 0 Å². The second kappa shape index (κ2) is 5.09. The molecule has 65 valence electrons. The molecule has 11 heavy (non-hydrogen) atoms. The summed E-state index contributed by atoms with van der Waals surface area (Å²) >= 11 is 0. The van der Waals surface area contributed by atoms with Crippen LogP contribution in [0.1, 0.15) is 20.8 Å². The third kappa shape index (κ3) is 5.82. The maximum atomic E-state index is 9.58. The average Bonchev–Trinajstić information content (AvgIpc) is 1.87. The molecule has 0 bridgehead atoms. The van der Waals surface area contributed by atoms with Crippen molar-refractivity contribution < 1.29 is 19.0 Å². The molecule has 0 N–H and O–H groups in total. The lowest BCUT2D eigenvalue weighted by Crippen LogP contribution is -2.29. The minimum Gasteiger partial charge on any atom is -0.430 e. The van der Waals surface area contributed by atoms with E-state index < -0.39 is 5.79 Å². The molecule has 0 rings (SSSR count). The molecule has 0 saturated heterocycles. The van der Waals surface area contributed by atoms with Gasteiger partial charge in [0.1, 0.15) is 0 Å². The molecule has 0 aromatic rings. The maximum Gasteiger partial charge on any atom is 0.419 e. The highest BCUT2D eigenvalue weighted by Crippen LogP contribution is 2.09. The summed E-state index contributed by atoms with van der Waals surface area (Å²) in [5.41, 5.74) is 0. The highest BCUT2D eigenvalue weighted by Gasteiger charge is 2.17.